The van der Waals surface area contributed by atoms with Crippen molar-refractivity contribution in [1.82, 2.24) is 0 Å². The summed E-state index contributed by atoms with van der Waals surface area (Å²) in [5.41, 5.74) is 1.74. The minimum atomic E-state index is 0.505. The van der Waals surface area contributed by atoms with Crippen molar-refractivity contribution < 1.29 is 0 Å². The molecule has 2 aromatic rings. The number of nitrogens with one attached hydrogen (secondary N) is 2. The van der Waals surface area contributed by atoms with Gasteiger partial charge in [-0.05, 0) is 64.5 Å². The van der Waals surface area contributed by atoms with Gasteiger partial charge in [-0.1, -0.05) is 33.6 Å². The van der Waals surface area contributed by atoms with E-state index in [0.29, 0.717) is 10.1 Å². The Hall–Kier alpha value is -0.620. The Balaban J connectivity index is 2.05. The van der Waals surface area contributed by atoms with Crippen LogP contribution in [0, 0.1) is 0 Å². The monoisotopic (exact) mass is 418 g/mol. The standard InChI is InChI=1S/C13H9Br2ClN2S/c14-8-4-5-12(11(15)6-8)18-13(19)17-10-3-1-2-9(16)7-10/h1-7H,(H2,17,18,19). The van der Waals surface area contributed by atoms with E-state index in [2.05, 4.69) is 42.5 Å². The Morgan fingerprint density at radius 1 is 1.05 bits per heavy atom. The van der Waals surface area contributed by atoms with Crippen LogP contribution in [-0.4, -0.2) is 5.11 Å². The summed E-state index contributed by atoms with van der Waals surface area (Å²) in [6.07, 6.45) is 0. The van der Waals surface area contributed by atoms with Crippen molar-refractivity contribution in [2.24, 2.45) is 0 Å². The molecule has 0 aliphatic heterocycles. The highest BCUT2D eigenvalue weighted by atomic mass is 79.9. The van der Waals surface area contributed by atoms with Crippen LogP contribution in [0.2, 0.25) is 5.02 Å². The second-order valence-electron chi connectivity index (χ2n) is 3.71. The maximum absolute atomic E-state index is 5.91. The van der Waals surface area contributed by atoms with Crippen molar-refractivity contribution in [1.29, 1.82) is 0 Å². The van der Waals surface area contributed by atoms with Crippen molar-refractivity contribution in [3.8, 4) is 0 Å². The average molecular weight is 421 g/mol. The minimum absolute atomic E-state index is 0.505. The van der Waals surface area contributed by atoms with Gasteiger partial charge in [-0.25, -0.2) is 0 Å². The molecular weight excluding hydrogens is 411 g/mol. The second-order valence-corrected chi connectivity index (χ2v) is 6.33. The maximum atomic E-state index is 5.91. The van der Waals surface area contributed by atoms with E-state index in [9.17, 15) is 0 Å². The summed E-state index contributed by atoms with van der Waals surface area (Å²) in [6.45, 7) is 0. The normalized spacial score (nSPS) is 10.1. The van der Waals surface area contributed by atoms with E-state index in [1.54, 1.807) is 0 Å². The van der Waals surface area contributed by atoms with Gasteiger partial charge in [0.05, 0.1) is 5.69 Å². The zero-order valence-corrected chi connectivity index (χ0v) is 14.3. The van der Waals surface area contributed by atoms with Crippen LogP contribution in [0.15, 0.2) is 51.4 Å². The molecule has 0 heterocycles. The van der Waals surface area contributed by atoms with Crippen molar-refractivity contribution in [3.63, 3.8) is 0 Å². The molecule has 0 spiro atoms. The van der Waals surface area contributed by atoms with Crippen LogP contribution < -0.4 is 10.6 Å². The van der Waals surface area contributed by atoms with Gasteiger partial charge in [0.25, 0.3) is 0 Å². The van der Waals surface area contributed by atoms with E-state index in [4.69, 9.17) is 23.8 Å². The van der Waals surface area contributed by atoms with Crippen molar-refractivity contribution in [2.75, 3.05) is 10.6 Å². The number of halogens is 3. The lowest BCUT2D eigenvalue weighted by molar-refractivity contribution is 1.55. The van der Waals surface area contributed by atoms with E-state index in [-0.39, 0.29) is 0 Å². The van der Waals surface area contributed by atoms with Gasteiger partial charge in [-0.15, -0.1) is 0 Å². The maximum Gasteiger partial charge on any atom is 0.175 e. The zero-order valence-electron chi connectivity index (χ0n) is 9.58. The molecule has 0 bridgehead atoms. The molecule has 0 atom stereocenters. The molecule has 2 N–H and O–H groups in total. The summed E-state index contributed by atoms with van der Waals surface area (Å²) in [7, 11) is 0. The molecule has 2 nitrogen and oxygen atoms in total. The Morgan fingerprint density at radius 3 is 2.53 bits per heavy atom. The fourth-order valence-electron chi connectivity index (χ4n) is 1.44. The third-order valence-electron chi connectivity index (χ3n) is 2.26. The SMILES string of the molecule is S=C(Nc1cccc(Cl)c1)Nc1ccc(Br)cc1Br. The topological polar surface area (TPSA) is 24.1 Å². The zero-order chi connectivity index (χ0) is 13.8. The largest absolute Gasteiger partial charge is 0.332 e. The number of hydrogen-bond acceptors (Lipinski definition) is 1. The molecule has 0 fully saturated rings. The van der Waals surface area contributed by atoms with Crippen molar-refractivity contribution in [2.45, 2.75) is 0 Å². The second kappa shape index (κ2) is 6.70. The first kappa shape index (κ1) is 14.8. The van der Waals surface area contributed by atoms with E-state index < -0.39 is 0 Å². The predicted molar refractivity (Wildman–Crippen MR) is 93.1 cm³/mol. The fourth-order valence-corrected chi connectivity index (χ4v) is 3.01. The summed E-state index contributed by atoms with van der Waals surface area (Å²) in [6, 6.07) is 13.2. The highest BCUT2D eigenvalue weighted by Gasteiger charge is 2.03. The number of thiocarbonyl (C=S) groups is 1. The first-order valence-electron chi connectivity index (χ1n) is 5.33. The van der Waals surface area contributed by atoms with Crippen LogP contribution in [0.5, 0.6) is 0 Å². The Morgan fingerprint density at radius 2 is 1.84 bits per heavy atom. The van der Waals surface area contributed by atoms with Gasteiger partial charge in [0.1, 0.15) is 0 Å². The van der Waals surface area contributed by atoms with Gasteiger partial charge in [-0.2, -0.15) is 0 Å². The van der Waals surface area contributed by atoms with Crippen LogP contribution in [0.3, 0.4) is 0 Å². The molecule has 0 aliphatic carbocycles. The Bertz CT molecular complexity index is 619. The molecule has 0 unspecified atom stereocenters. The summed E-state index contributed by atoms with van der Waals surface area (Å²) >= 11 is 18.0. The van der Waals surface area contributed by atoms with Crippen LogP contribution in [0.1, 0.15) is 0 Å². The number of anilines is 2. The molecule has 0 saturated carbocycles. The molecular formula is C13H9Br2ClN2S. The molecule has 19 heavy (non-hydrogen) atoms. The molecule has 0 amide bonds. The van der Waals surface area contributed by atoms with Gasteiger partial charge >= 0.3 is 0 Å². The van der Waals surface area contributed by atoms with Crippen LogP contribution in [0.4, 0.5) is 11.4 Å². The lowest BCUT2D eigenvalue weighted by Crippen LogP contribution is -2.19. The van der Waals surface area contributed by atoms with Crippen LogP contribution in [-0.2, 0) is 0 Å². The molecule has 0 saturated heterocycles. The first-order chi connectivity index (χ1) is 9.04. The van der Waals surface area contributed by atoms with Gasteiger partial charge in [0.15, 0.2) is 5.11 Å². The van der Waals surface area contributed by atoms with Gasteiger partial charge in [0.2, 0.25) is 0 Å². The van der Waals surface area contributed by atoms with Gasteiger partial charge < -0.3 is 10.6 Å². The molecule has 0 aliphatic rings. The number of hydrogen-bond donors (Lipinski definition) is 2. The molecule has 2 rings (SSSR count). The molecule has 6 heteroatoms. The van der Waals surface area contributed by atoms with Gasteiger partial charge in [-0.3, -0.25) is 0 Å². The predicted octanol–water partition coefficient (Wildman–Crippen LogP) is 5.67. The fraction of sp³-hybridized carbons (Fsp3) is 0. The Labute approximate surface area is 138 Å². The number of benzene rings is 2. The quantitative estimate of drug-likeness (QED) is 0.612. The molecule has 2 aromatic carbocycles. The summed E-state index contributed by atoms with van der Waals surface area (Å²) < 4.78 is 1.93. The third kappa shape index (κ3) is 4.45. The molecule has 0 radical (unpaired) electrons. The third-order valence-corrected chi connectivity index (χ3v) is 3.85. The van der Waals surface area contributed by atoms with Crippen LogP contribution >= 0.6 is 55.7 Å². The minimum Gasteiger partial charge on any atom is -0.332 e. The van der Waals surface area contributed by atoms with Crippen molar-refractivity contribution >= 4 is 72.2 Å². The van der Waals surface area contributed by atoms with E-state index in [0.717, 1.165) is 20.3 Å². The summed E-state index contributed by atoms with van der Waals surface area (Å²) in [5.74, 6) is 0. The molecule has 98 valence electrons. The van der Waals surface area contributed by atoms with E-state index in [1.165, 1.54) is 0 Å². The first-order valence-corrected chi connectivity index (χ1v) is 7.70. The summed E-state index contributed by atoms with van der Waals surface area (Å²) in [4.78, 5) is 0. The highest BCUT2D eigenvalue weighted by molar-refractivity contribution is 9.11. The smallest absolute Gasteiger partial charge is 0.175 e. The van der Waals surface area contributed by atoms with Crippen molar-refractivity contribution in [3.05, 3.63) is 56.4 Å². The summed E-state index contributed by atoms with van der Waals surface area (Å²) in [5, 5.41) is 7.36. The lowest BCUT2D eigenvalue weighted by atomic mass is 10.3. The van der Waals surface area contributed by atoms with Gasteiger partial charge in [0, 0.05) is 19.7 Å². The number of rotatable bonds is 2. The average Bonchev–Trinajstić information content (AvgIpc) is 2.33. The Kier molecular flexibility index (Phi) is 5.21. The highest BCUT2D eigenvalue weighted by Crippen LogP contribution is 2.26. The van der Waals surface area contributed by atoms with Crippen LogP contribution in [0.25, 0.3) is 0 Å². The lowest BCUT2D eigenvalue weighted by Gasteiger charge is -2.12. The molecule has 0 aromatic heterocycles. The van der Waals surface area contributed by atoms with E-state index in [1.807, 2.05) is 42.5 Å². The van der Waals surface area contributed by atoms with E-state index >= 15 is 0 Å².